The Hall–Kier alpha value is -1.62. The largest absolute Gasteiger partial charge is 0.465 e. The summed E-state index contributed by atoms with van der Waals surface area (Å²) >= 11 is 3.30. The minimum absolute atomic E-state index is 0.0882. The molecular formula is C18H20BrNO3. The predicted molar refractivity (Wildman–Crippen MR) is 93.6 cm³/mol. The Morgan fingerprint density at radius 2 is 2.00 bits per heavy atom. The van der Waals surface area contributed by atoms with Crippen molar-refractivity contribution in [1.82, 2.24) is 4.57 Å². The Kier molecular flexibility index (Phi) is 4.57. The van der Waals surface area contributed by atoms with E-state index in [1.807, 2.05) is 23.7 Å². The number of ether oxygens (including phenoxy) is 1. The first-order chi connectivity index (χ1) is 11.1. The molecule has 3 rings (SSSR count). The topological polar surface area (TPSA) is 48.3 Å². The number of aryl methyl sites for hydroxylation is 1. The quantitative estimate of drug-likeness (QED) is 0.455. The van der Waals surface area contributed by atoms with Crippen LogP contribution in [-0.4, -0.2) is 28.8 Å². The third-order valence-corrected chi connectivity index (χ3v) is 5.32. The summed E-state index contributed by atoms with van der Waals surface area (Å²) < 4.78 is 6.74. The first kappa shape index (κ1) is 16.2. The van der Waals surface area contributed by atoms with Gasteiger partial charge >= 0.3 is 5.97 Å². The van der Waals surface area contributed by atoms with Gasteiger partial charge in [-0.25, -0.2) is 4.79 Å². The smallest absolute Gasteiger partial charge is 0.337 e. The van der Waals surface area contributed by atoms with E-state index in [-0.39, 0.29) is 11.8 Å². The highest BCUT2D eigenvalue weighted by Crippen LogP contribution is 2.41. The van der Waals surface area contributed by atoms with Crippen LogP contribution >= 0.6 is 15.9 Å². The summed E-state index contributed by atoms with van der Waals surface area (Å²) in [6, 6.07) is 5.57. The fourth-order valence-corrected chi connectivity index (χ4v) is 4.00. The van der Waals surface area contributed by atoms with Gasteiger partial charge in [-0.2, -0.15) is 0 Å². The van der Waals surface area contributed by atoms with Crippen molar-refractivity contribution in [2.45, 2.75) is 31.6 Å². The fourth-order valence-electron chi connectivity index (χ4n) is 3.74. The lowest BCUT2D eigenvalue weighted by Gasteiger charge is -2.11. The number of carbonyl (C=O) groups is 2. The maximum Gasteiger partial charge on any atom is 0.337 e. The van der Waals surface area contributed by atoms with E-state index in [0.717, 1.165) is 35.0 Å². The van der Waals surface area contributed by atoms with Crippen LogP contribution in [0.1, 0.15) is 58.0 Å². The van der Waals surface area contributed by atoms with Gasteiger partial charge in [-0.05, 0) is 36.5 Å². The number of hydrogen-bond donors (Lipinski definition) is 0. The average molecular weight is 378 g/mol. The molecule has 5 heteroatoms. The van der Waals surface area contributed by atoms with E-state index in [1.165, 1.54) is 20.0 Å². The fraction of sp³-hybridized carbons (Fsp3) is 0.444. The molecule has 2 aromatic rings. The van der Waals surface area contributed by atoms with E-state index >= 15 is 0 Å². The zero-order valence-electron chi connectivity index (χ0n) is 13.4. The molecule has 0 saturated heterocycles. The van der Waals surface area contributed by atoms with E-state index < -0.39 is 0 Å². The molecule has 0 atom stereocenters. The number of methoxy groups -OCH3 is 1. The molecule has 0 aliphatic heterocycles. The first-order valence-corrected chi connectivity index (χ1v) is 9.00. The van der Waals surface area contributed by atoms with Gasteiger partial charge < -0.3 is 9.30 Å². The Morgan fingerprint density at radius 1 is 1.30 bits per heavy atom. The summed E-state index contributed by atoms with van der Waals surface area (Å²) in [4.78, 5) is 24.3. The molecular weight excluding hydrogens is 358 g/mol. The van der Waals surface area contributed by atoms with Crippen molar-refractivity contribution in [2.75, 3.05) is 12.4 Å². The number of fused-ring (bicyclic) bond motifs is 1. The predicted octanol–water partition coefficient (Wildman–Crippen LogP) is 4.20. The SMILES string of the molecule is COC(=O)c1ccc2c(C3CCCC3)c(C(=O)CBr)n(C)c2c1. The van der Waals surface area contributed by atoms with E-state index in [4.69, 9.17) is 4.74 Å². The lowest BCUT2D eigenvalue weighted by Crippen LogP contribution is -2.11. The summed E-state index contributed by atoms with van der Waals surface area (Å²) in [6.07, 6.45) is 4.67. The van der Waals surface area contributed by atoms with Gasteiger partial charge in [0.25, 0.3) is 0 Å². The van der Waals surface area contributed by atoms with E-state index in [2.05, 4.69) is 15.9 Å². The average Bonchev–Trinajstić information content (AvgIpc) is 3.19. The number of esters is 1. The van der Waals surface area contributed by atoms with Crippen molar-refractivity contribution >= 4 is 38.6 Å². The number of carbonyl (C=O) groups excluding carboxylic acids is 2. The van der Waals surface area contributed by atoms with Crippen molar-refractivity contribution < 1.29 is 14.3 Å². The molecule has 0 radical (unpaired) electrons. The highest BCUT2D eigenvalue weighted by Gasteiger charge is 2.28. The number of ketones is 1. The molecule has 4 nitrogen and oxygen atoms in total. The normalized spacial score (nSPS) is 15.3. The molecule has 1 aliphatic rings. The molecule has 1 fully saturated rings. The van der Waals surface area contributed by atoms with Crippen molar-refractivity contribution in [2.24, 2.45) is 7.05 Å². The summed E-state index contributed by atoms with van der Waals surface area (Å²) in [5.74, 6) is 0.162. The third kappa shape index (κ3) is 2.71. The van der Waals surface area contributed by atoms with Crippen LogP contribution in [0.15, 0.2) is 18.2 Å². The lowest BCUT2D eigenvalue weighted by molar-refractivity contribution is 0.0600. The number of nitrogens with zero attached hydrogens (tertiary/aromatic N) is 1. The number of hydrogen-bond acceptors (Lipinski definition) is 3. The minimum atomic E-state index is -0.358. The molecule has 0 amide bonds. The van der Waals surface area contributed by atoms with Gasteiger partial charge in [0.15, 0.2) is 5.78 Å². The van der Waals surface area contributed by atoms with Crippen LogP contribution in [-0.2, 0) is 11.8 Å². The van der Waals surface area contributed by atoms with E-state index in [9.17, 15) is 9.59 Å². The summed E-state index contributed by atoms with van der Waals surface area (Å²) in [5.41, 5.74) is 3.35. The number of rotatable bonds is 4. The molecule has 122 valence electrons. The molecule has 1 heterocycles. The molecule has 1 aromatic heterocycles. The van der Waals surface area contributed by atoms with Crippen LogP contribution in [0.4, 0.5) is 0 Å². The van der Waals surface area contributed by atoms with Crippen LogP contribution in [0.25, 0.3) is 10.9 Å². The first-order valence-electron chi connectivity index (χ1n) is 7.88. The van der Waals surface area contributed by atoms with Crippen LogP contribution in [0.5, 0.6) is 0 Å². The maximum atomic E-state index is 12.5. The highest BCUT2D eigenvalue weighted by atomic mass is 79.9. The molecule has 0 bridgehead atoms. The second kappa shape index (κ2) is 6.48. The maximum absolute atomic E-state index is 12.5. The van der Waals surface area contributed by atoms with Gasteiger partial charge in [0.1, 0.15) is 0 Å². The van der Waals surface area contributed by atoms with E-state index in [0.29, 0.717) is 16.8 Å². The summed E-state index contributed by atoms with van der Waals surface area (Å²) in [5, 5.41) is 1.39. The highest BCUT2D eigenvalue weighted by molar-refractivity contribution is 9.09. The van der Waals surface area contributed by atoms with Crippen LogP contribution in [0.2, 0.25) is 0 Å². The minimum Gasteiger partial charge on any atom is -0.465 e. The van der Waals surface area contributed by atoms with Crippen molar-refractivity contribution in [3.8, 4) is 0 Å². The van der Waals surface area contributed by atoms with Gasteiger partial charge in [-0.15, -0.1) is 0 Å². The van der Waals surface area contributed by atoms with Crippen LogP contribution in [0.3, 0.4) is 0 Å². The molecule has 1 aromatic carbocycles. The Morgan fingerprint density at radius 3 is 2.61 bits per heavy atom. The number of Topliss-reactive ketones (excluding diaryl/α,β-unsaturated/α-hetero) is 1. The molecule has 1 aliphatic carbocycles. The molecule has 0 spiro atoms. The Labute approximate surface area is 143 Å². The summed E-state index contributed by atoms with van der Waals surface area (Å²) in [7, 11) is 3.28. The van der Waals surface area contributed by atoms with Gasteiger partial charge in [0.2, 0.25) is 0 Å². The van der Waals surface area contributed by atoms with Gasteiger partial charge in [-0.1, -0.05) is 34.8 Å². The number of benzene rings is 1. The Bertz CT molecular complexity index is 772. The van der Waals surface area contributed by atoms with Gasteiger partial charge in [0.05, 0.1) is 23.7 Å². The zero-order valence-corrected chi connectivity index (χ0v) is 15.0. The molecule has 1 saturated carbocycles. The van der Waals surface area contributed by atoms with E-state index in [1.54, 1.807) is 6.07 Å². The lowest BCUT2D eigenvalue weighted by atomic mass is 9.93. The number of halogens is 1. The standard InChI is InChI=1S/C18H20BrNO3/c1-20-14-9-12(18(22)23-2)7-8-13(14)16(11-5-3-4-6-11)17(20)15(21)10-19/h7-9,11H,3-6,10H2,1-2H3. The second-order valence-corrected chi connectivity index (χ2v) is 6.64. The molecule has 23 heavy (non-hydrogen) atoms. The van der Waals surface area contributed by atoms with Crippen molar-refractivity contribution in [3.63, 3.8) is 0 Å². The molecule has 0 N–H and O–H groups in total. The summed E-state index contributed by atoms with van der Waals surface area (Å²) in [6.45, 7) is 0. The Balaban J connectivity index is 2.25. The van der Waals surface area contributed by atoms with Gasteiger partial charge in [0, 0.05) is 18.0 Å². The van der Waals surface area contributed by atoms with Crippen LogP contribution < -0.4 is 0 Å². The third-order valence-electron chi connectivity index (χ3n) is 4.81. The monoisotopic (exact) mass is 377 g/mol. The van der Waals surface area contributed by atoms with Crippen LogP contribution in [0, 0.1) is 0 Å². The van der Waals surface area contributed by atoms with Crippen molar-refractivity contribution in [3.05, 3.63) is 35.0 Å². The molecule has 0 unspecified atom stereocenters. The second-order valence-electron chi connectivity index (χ2n) is 6.08. The van der Waals surface area contributed by atoms with Crippen molar-refractivity contribution in [1.29, 1.82) is 0 Å². The zero-order chi connectivity index (χ0) is 16.6. The van der Waals surface area contributed by atoms with Gasteiger partial charge in [-0.3, -0.25) is 4.79 Å². The number of aromatic nitrogens is 1. The number of alkyl halides is 1.